The van der Waals surface area contributed by atoms with Crippen molar-refractivity contribution in [2.75, 3.05) is 31.5 Å². The summed E-state index contributed by atoms with van der Waals surface area (Å²) >= 11 is 0. The molecule has 1 saturated heterocycles. The summed E-state index contributed by atoms with van der Waals surface area (Å²) in [5.74, 6) is 1.42. The van der Waals surface area contributed by atoms with Gasteiger partial charge in [0.25, 0.3) is 0 Å². The highest BCUT2D eigenvalue weighted by molar-refractivity contribution is 5.92. The predicted molar refractivity (Wildman–Crippen MR) is 95.4 cm³/mol. The van der Waals surface area contributed by atoms with E-state index in [1.807, 2.05) is 12.1 Å². The Morgan fingerprint density at radius 2 is 2.09 bits per heavy atom. The monoisotopic (exact) mass is 302 g/mol. The van der Waals surface area contributed by atoms with E-state index in [-0.39, 0.29) is 0 Å². The number of aryl methyl sites for hydroxylation is 1. The van der Waals surface area contributed by atoms with E-state index in [1.54, 1.807) is 0 Å². The number of piperidine rings is 1. The van der Waals surface area contributed by atoms with Gasteiger partial charge >= 0.3 is 0 Å². The van der Waals surface area contributed by atoms with E-state index >= 15 is 0 Å². The number of unbranched alkanes of at least 4 members (excludes halogenated alkanes) is 1. The van der Waals surface area contributed by atoms with E-state index in [0.29, 0.717) is 5.96 Å². The second kappa shape index (κ2) is 8.79. The van der Waals surface area contributed by atoms with Crippen molar-refractivity contribution in [2.24, 2.45) is 16.6 Å². The van der Waals surface area contributed by atoms with Gasteiger partial charge in [-0.15, -0.1) is 0 Å². The first-order valence-corrected chi connectivity index (χ1v) is 8.49. The van der Waals surface area contributed by atoms with Gasteiger partial charge in [0.1, 0.15) is 0 Å². The molecule has 1 heterocycles. The smallest absolute Gasteiger partial charge is 0.193 e. The van der Waals surface area contributed by atoms with Crippen molar-refractivity contribution >= 4 is 11.6 Å². The summed E-state index contributed by atoms with van der Waals surface area (Å²) in [6.07, 6.45) is 5.01. The van der Waals surface area contributed by atoms with Gasteiger partial charge in [-0.2, -0.15) is 0 Å². The molecular weight excluding hydrogens is 272 g/mol. The Morgan fingerprint density at radius 3 is 2.82 bits per heavy atom. The molecule has 1 fully saturated rings. The fourth-order valence-electron chi connectivity index (χ4n) is 2.84. The average Bonchev–Trinajstić information content (AvgIpc) is 2.49. The number of nitrogens with two attached hydrogens (primary N) is 1. The molecule has 0 aliphatic carbocycles. The lowest BCUT2D eigenvalue weighted by atomic mass is 9.99. The van der Waals surface area contributed by atoms with Crippen LogP contribution in [-0.2, 0) is 0 Å². The van der Waals surface area contributed by atoms with Crippen LogP contribution in [0.25, 0.3) is 0 Å². The first-order chi connectivity index (χ1) is 10.6. The SMILES string of the molecule is Cc1cccc(NC(N)=NCCCCN2CCC(C)CC2)c1. The summed E-state index contributed by atoms with van der Waals surface area (Å²) in [7, 11) is 0. The van der Waals surface area contributed by atoms with Gasteiger partial charge in [0.2, 0.25) is 0 Å². The van der Waals surface area contributed by atoms with Crippen molar-refractivity contribution in [3.8, 4) is 0 Å². The molecule has 2 rings (SSSR count). The number of aliphatic imine (C=N–C) groups is 1. The van der Waals surface area contributed by atoms with Crippen molar-refractivity contribution in [1.29, 1.82) is 0 Å². The zero-order valence-corrected chi connectivity index (χ0v) is 14.0. The molecule has 0 bridgehead atoms. The molecule has 122 valence electrons. The van der Waals surface area contributed by atoms with E-state index in [0.717, 1.165) is 24.6 Å². The van der Waals surface area contributed by atoms with Crippen LogP contribution in [-0.4, -0.2) is 37.0 Å². The summed E-state index contributed by atoms with van der Waals surface area (Å²) < 4.78 is 0. The molecule has 3 N–H and O–H groups in total. The second-order valence-corrected chi connectivity index (χ2v) is 6.49. The van der Waals surface area contributed by atoms with Gasteiger partial charge in [0, 0.05) is 12.2 Å². The number of anilines is 1. The lowest BCUT2D eigenvalue weighted by molar-refractivity contribution is 0.190. The molecule has 22 heavy (non-hydrogen) atoms. The van der Waals surface area contributed by atoms with Crippen molar-refractivity contribution in [3.63, 3.8) is 0 Å². The van der Waals surface area contributed by atoms with Crippen LogP contribution < -0.4 is 11.1 Å². The highest BCUT2D eigenvalue weighted by Gasteiger charge is 2.14. The molecule has 4 heteroatoms. The van der Waals surface area contributed by atoms with Gasteiger partial charge in [0.15, 0.2) is 5.96 Å². The number of likely N-dealkylation sites (tertiary alicyclic amines) is 1. The molecular formula is C18H30N4. The Morgan fingerprint density at radius 1 is 1.32 bits per heavy atom. The van der Waals surface area contributed by atoms with Crippen LogP contribution in [0, 0.1) is 12.8 Å². The van der Waals surface area contributed by atoms with E-state index in [1.165, 1.54) is 44.5 Å². The topological polar surface area (TPSA) is 53.6 Å². The fourth-order valence-corrected chi connectivity index (χ4v) is 2.84. The Balaban J connectivity index is 1.60. The summed E-state index contributed by atoms with van der Waals surface area (Å²) in [6, 6.07) is 8.16. The van der Waals surface area contributed by atoms with Gasteiger partial charge in [-0.1, -0.05) is 19.1 Å². The molecule has 0 saturated carbocycles. The first kappa shape index (κ1) is 16.8. The summed E-state index contributed by atoms with van der Waals surface area (Å²) in [5, 5.41) is 3.15. The van der Waals surface area contributed by atoms with Crippen LogP contribution in [0.1, 0.15) is 38.2 Å². The maximum atomic E-state index is 5.92. The molecule has 0 unspecified atom stereocenters. The number of hydrogen-bond donors (Lipinski definition) is 2. The Labute approximate surface area is 134 Å². The largest absolute Gasteiger partial charge is 0.370 e. The predicted octanol–water partition coefficient (Wildman–Crippen LogP) is 3.23. The van der Waals surface area contributed by atoms with Gasteiger partial charge in [-0.3, -0.25) is 4.99 Å². The highest BCUT2D eigenvalue weighted by Crippen LogP contribution is 2.16. The zero-order chi connectivity index (χ0) is 15.8. The molecule has 1 aliphatic rings. The van der Waals surface area contributed by atoms with Gasteiger partial charge < -0.3 is 16.0 Å². The van der Waals surface area contributed by atoms with Gasteiger partial charge in [0.05, 0.1) is 0 Å². The number of hydrogen-bond acceptors (Lipinski definition) is 2. The lowest BCUT2D eigenvalue weighted by Gasteiger charge is -2.30. The van der Waals surface area contributed by atoms with Crippen molar-refractivity contribution in [1.82, 2.24) is 4.90 Å². The molecule has 1 aromatic carbocycles. The molecule has 1 aromatic rings. The Kier molecular flexibility index (Phi) is 6.72. The normalized spacial score (nSPS) is 17.6. The van der Waals surface area contributed by atoms with Crippen molar-refractivity contribution < 1.29 is 0 Å². The fraction of sp³-hybridized carbons (Fsp3) is 0.611. The molecule has 0 spiro atoms. The van der Waals surface area contributed by atoms with Crippen LogP contribution in [0.2, 0.25) is 0 Å². The third kappa shape index (κ3) is 6.06. The minimum absolute atomic E-state index is 0.511. The summed E-state index contributed by atoms with van der Waals surface area (Å²) in [4.78, 5) is 6.99. The molecule has 1 aliphatic heterocycles. The zero-order valence-electron chi connectivity index (χ0n) is 14.0. The van der Waals surface area contributed by atoms with E-state index in [4.69, 9.17) is 5.73 Å². The first-order valence-electron chi connectivity index (χ1n) is 8.49. The molecule has 0 atom stereocenters. The third-order valence-electron chi connectivity index (χ3n) is 4.33. The van der Waals surface area contributed by atoms with E-state index in [9.17, 15) is 0 Å². The summed E-state index contributed by atoms with van der Waals surface area (Å²) in [6.45, 7) is 8.96. The number of nitrogens with one attached hydrogen (secondary N) is 1. The molecule has 0 amide bonds. The van der Waals surface area contributed by atoms with Crippen LogP contribution in [0.5, 0.6) is 0 Å². The lowest BCUT2D eigenvalue weighted by Crippen LogP contribution is -2.33. The van der Waals surface area contributed by atoms with Crippen molar-refractivity contribution in [2.45, 2.75) is 39.5 Å². The second-order valence-electron chi connectivity index (χ2n) is 6.49. The van der Waals surface area contributed by atoms with Crippen LogP contribution in [0.15, 0.2) is 29.3 Å². The minimum atomic E-state index is 0.511. The minimum Gasteiger partial charge on any atom is -0.370 e. The quantitative estimate of drug-likeness (QED) is 0.482. The van der Waals surface area contributed by atoms with Crippen LogP contribution in [0.4, 0.5) is 5.69 Å². The third-order valence-corrected chi connectivity index (χ3v) is 4.33. The van der Waals surface area contributed by atoms with Gasteiger partial charge in [-0.25, -0.2) is 0 Å². The van der Waals surface area contributed by atoms with Crippen LogP contribution in [0.3, 0.4) is 0 Å². The molecule has 4 nitrogen and oxygen atoms in total. The Bertz CT molecular complexity index is 476. The molecule has 0 radical (unpaired) electrons. The number of nitrogens with zero attached hydrogens (tertiary/aromatic N) is 2. The van der Waals surface area contributed by atoms with E-state index in [2.05, 4.69) is 41.2 Å². The maximum absolute atomic E-state index is 5.92. The molecule has 0 aromatic heterocycles. The standard InChI is InChI=1S/C18H30N4/c1-15-8-12-22(13-9-15)11-4-3-10-20-18(19)21-17-7-5-6-16(2)14-17/h5-7,14-15H,3-4,8-13H2,1-2H3,(H3,19,20,21). The highest BCUT2D eigenvalue weighted by atomic mass is 15.1. The van der Waals surface area contributed by atoms with Crippen molar-refractivity contribution in [3.05, 3.63) is 29.8 Å². The van der Waals surface area contributed by atoms with Gasteiger partial charge in [-0.05, 0) is 75.9 Å². The number of rotatable bonds is 6. The van der Waals surface area contributed by atoms with Crippen LogP contribution >= 0.6 is 0 Å². The summed E-state index contributed by atoms with van der Waals surface area (Å²) in [5.41, 5.74) is 8.14. The van der Waals surface area contributed by atoms with E-state index < -0.39 is 0 Å². The maximum Gasteiger partial charge on any atom is 0.193 e. The number of guanidine groups is 1. The average molecular weight is 302 g/mol. The number of benzene rings is 1. The Hall–Kier alpha value is -1.55.